The van der Waals surface area contributed by atoms with Crippen LogP contribution in [0.1, 0.15) is 6.92 Å². The molecule has 18 heavy (non-hydrogen) atoms. The first-order valence-electron chi connectivity index (χ1n) is 5.73. The van der Waals surface area contributed by atoms with Gasteiger partial charge >= 0.3 is 0 Å². The van der Waals surface area contributed by atoms with Crippen LogP contribution in [0.3, 0.4) is 0 Å². The van der Waals surface area contributed by atoms with E-state index in [1.165, 1.54) is 0 Å². The summed E-state index contributed by atoms with van der Waals surface area (Å²) in [5.41, 5.74) is 6.86. The fourth-order valence-electron chi connectivity index (χ4n) is 1.77. The number of imidazole rings is 1. The van der Waals surface area contributed by atoms with Crippen molar-refractivity contribution in [1.82, 2.24) is 9.55 Å². The van der Waals surface area contributed by atoms with Crippen molar-refractivity contribution in [3.05, 3.63) is 24.3 Å². The third kappa shape index (κ3) is 2.60. The second-order valence-electron chi connectivity index (χ2n) is 4.21. The number of nitrogens with two attached hydrogens (primary N) is 1. The van der Waals surface area contributed by atoms with Crippen molar-refractivity contribution in [3.8, 4) is 0 Å². The predicted molar refractivity (Wildman–Crippen MR) is 69.1 cm³/mol. The number of para-hydroxylation sites is 2. The van der Waals surface area contributed by atoms with Gasteiger partial charge in [0.05, 0.1) is 17.1 Å². The van der Waals surface area contributed by atoms with Crippen LogP contribution in [0.15, 0.2) is 24.3 Å². The monoisotopic (exact) mass is 248 g/mol. The zero-order chi connectivity index (χ0) is 13.1. The first kappa shape index (κ1) is 12.4. The molecule has 0 saturated carbocycles. The Hall–Kier alpha value is -2.08. The molecule has 96 valence electrons. The molecule has 2 rings (SSSR count). The fourth-order valence-corrected chi connectivity index (χ4v) is 1.77. The summed E-state index contributed by atoms with van der Waals surface area (Å²) in [5, 5.41) is 12.3. The van der Waals surface area contributed by atoms with E-state index in [0.717, 1.165) is 11.0 Å². The van der Waals surface area contributed by atoms with Gasteiger partial charge in [-0.1, -0.05) is 12.1 Å². The van der Waals surface area contributed by atoms with Gasteiger partial charge in [-0.25, -0.2) is 4.98 Å². The number of hydrogen-bond donors (Lipinski definition) is 3. The number of nitrogens with zero attached hydrogens (tertiary/aromatic N) is 2. The van der Waals surface area contributed by atoms with Crippen LogP contribution < -0.4 is 11.1 Å². The number of carbonyl (C=O) groups is 1. The average molecular weight is 248 g/mol. The summed E-state index contributed by atoms with van der Waals surface area (Å²) in [4.78, 5) is 15.5. The standard InChI is InChI=1S/C12H16N4O2/c1-8(17)6-14-12-15-9-4-2-3-5-10(9)16(12)7-11(13)18/h2-5,8,17H,6-7H2,1H3,(H2,13,18)(H,14,15)/t8-/m1/s1. The number of aliphatic hydroxyl groups excluding tert-OH is 1. The molecule has 6 heteroatoms. The molecule has 6 nitrogen and oxygen atoms in total. The van der Waals surface area contributed by atoms with Gasteiger partial charge in [-0.05, 0) is 19.1 Å². The smallest absolute Gasteiger partial charge is 0.237 e. The number of amides is 1. The molecule has 2 aromatic rings. The van der Waals surface area contributed by atoms with Gasteiger partial charge in [-0.15, -0.1) is 0 Å². The molecular formula is C12H16N4O2. The molecule has 0 aliphatic carbocycles. The molecule has 0 unspecified atom stereocenters. The van der Waals surface area contributed by atoms with Gasteiger partial charge in [0.2, 0.25) is 11.9 Å². The van der Waals surface area contributed by atoms with Crippen molar-refractivity contribution in [2.75, 3.05) is 11.9 Å². The van der Waals surface area contributed by atoms with Gasteiger partial charge in [0.15, 0.2) is 0 Å². The Labute approximate surface area is 104 Å². The third-order valence-electron chi connectivity index (χ3n) is 2.52. The molecule has 0 aliphatic heterocycles. The van der Waals surface area contributed by atoms with E-state index in [1.54, 1.807) is 11.5 Å². The minimum atomic E-state index is -0.494. The largest absolute Gasteiger partial charge is 0.392 e. The van der Waals surface area contributed by atoms with E-state index in [0.29, 0.717) is 12.5 Å². The normalized spacial score (nSPS) is 12.6. The SMILES string of the molecule is C[C@@H](O)CNc1nc2ccccc2n1CC(N)=O. The van der Waals surface area contributed by atoms with Crippen LogP contribution in [-0.2, 0) is 11.3 Å². The number of anilines is 1. The van der Waals surface area contributed by atoms with Crippen LogP contribution in [0, 0.1) is 0 Å². The van der Waals surface area contributed by atoms with E-state index in [-0.39, 0.29) is 6.54 Å². The Bertz CT molecular complexity index is 562. The molecule has 4 N–H and O–H groups in total. The van der Waals surface area contributed by atoms with Crippen molar-refractivity contribution in [2.45, 2.75) is 19.6 Å². The summed E-state index contributed by atoms with van der Waals surface area (Å²) in [6, 6.07) is 7.49. The van der Waals surface area contributed by atoms with Crippen molar-refractivity contribution in [2.24, 2.45) is 5.73 Å². The zero-order valence-electron chi connectivity index (χ0n) is 10.1. The van der Waals surface area contributed by atoms with Gasteiger partial charge in [0, 0.05) is 6.54 Å². The average Bonchev–Trinajstić information content (AvgIpc) is 2.64. The van der Waals surface area contributed by atoms with Crippen LogP contribution in [-0.4, -0.2) is 33.2 Å². The summed E-state index contributed by atoms with van der Waals surface area (Å²) in [5.74, 6) is 0.106. The molecule has 0 saturated heterocycles. The summed E-state index contributed by atoms with van der Waals surface area (Å²) in [7, 11) is 0. The van der Waals surface area contributed by atoms with E-state index in [1.807, 2.05) is 24.3 Å². The molecule has 0 spiro atoms. The molecule has 0 bridgehead atoms. The number of benzene rings is 1. The van der Waals surface area contributed by atoms with Crippen LogP contribution in [0.5, 0.6) is 0 Å². The number of nitrogens with one attached hydrogen (secondary N) is 1. The molecular weight excluding hydrogens is 232 g/mol. The Morgan fingerprint density at radius 3 is 2.94 bits per heavy atom. The number of carbonyl (C=O) groups excluding carboxylic acids is 1. The quantitative estimate of drug-likeness (QED) is 0.710. The second kappa shape index (κ2) is 5.05. The fraction of sp³-hybridized carbons (Fsp3) is 0.333. The molecule has 0 radical (unpaired) electrons. The minimum absolute atomic E-state index is 0.0582. The van der Waals surface area contributed by atoms with Gasteiger partial charge in [0.1, 0.15) is 6.54 Å². The molecule has 0 fully saturated rings. The predicted octanol–water partition coefficient (Wildman–Crippen LogP) is 0.314. The highest BCUT2D eigenvalue weighted by Crippen LogP contribution is 2.19. The van der Waals surface area contributed by atoms with Crippen molar-refractivity contribution >= 4 is 22.9 Å². The van der Waals surface area contributed by atoms with Crippen LogP contribution in [0.25, 0.3) is 11.0 Å². The van der Waals surface area contributed by atoms with Gasteiger partial charge in [0.25, 0.3) is 0 Å². The van der Waals surface area contributed by atoms with Gasteiger partial charge in [-0.2, -0.15) is 0 Å². The summed E-state index contributed by atoms with van der Waals surface area (Å²) < 4.78 is 1.71. The highest BCUT2D eigenvalue weighted by molar-refractivity contribution is 5.82. The Morgan fingerprint density at radius 2 is 2.28 bits per heavy atom. The van der Waals surface area contributed by atoms with Crippen molar-refractivity contribution in [3.63, 3.8) is 0 Å². The highest BCUT2D eigenvalue weighted by Gasteiger charge is 2.12. The van der Waals surface area contributed by atoms with Crippen molar-refractivity contribution < 1.29 is 9.90 Å². The van der Waals surface area contributed by atoms with Crippen LogP contribution in [0.2, 0.25) is 0 Å². The minimum Gasteiger partial charge on any atom is -0.392 e. The lowest BCUT2D eigenvalue weighted by Gasteiger charge is -2.10. The van der Waals surface area contributed by atoms with Crippen LogP contribution >= 0.6 is 0 Å². The number of hydrogen-bond acceptors (Lipinski definition) is 4. The second-order valence-corrected chi connectivity index (χ2v) is 4.21. The maximum absolute atomic E-state index is 11.1. The first-order chi connectivity index (χ1) is 8.58. The van der Waals surface area contributed by atoms with E-state index < -0.39 is 12.0 Å². The highest BCUT2D eigenvalue weighted by atomic mass is 16.3. The lowest BCUT2D eigenvalue weighted by Crippen LogP contribution is -2.22. The topological polar surface area (TPSA) is 93.2 Å². The number of aromatic nitrogens is 2. The summed E-state index contributed by atoms with van der Waals surface area (Å²) in [6.07, 6.45) is -0.494. The molecule has 1 atom stereocenters. The maximum atomic E-state index is 11.1. The zero-order valence-corrected chi connectivity index (χ0v) is 10.1. The van der Waals surface area contributed by atoms with E-state index in [9.17, 15) is 9.90 Å². The van der Waals surface area contributed by atoms with Crippen LogP contribution in [0.4, 0.5) is 5.95 Å². The lowest BCUT2D eigenvalue weighted by molar-refractivity contribution is -0.118. The first-order valence-corrected chi connectivity index (χ1v) is 5.73. The number of rotatable bonds is 5. The van der Waals surface area contributed by atoms with E-state index in [4.69, 9.17) is 5.73 Å². The molecule has 0 aliphatic rings. The van der Waals surface area contributed by atoms with Gasteiger partial charge in [-0.3, -0.25) is 4.79 Å². The molecule has 1 aromatic carbocycles. The van der Waals surface area contributed by atoms with Crippen molar-refractivity contribution in [1.29, 1.82) is 0 Å². The lowest BCUT2D eigenvalue weighted by atomic mass is 10.3. The number of fused-ring (bicyclic) bond motifs is 1. The Balaban J connectivity index is 2.39. The number of primary amides is 1. The maximum Gasteiger partial charge on any atom is 0.237 e. The number of aliphatic hydroxyl groups is 1. The Kier molecular flexibility index (Phi) is 3.47. The summed E-state index contributed by atoms with van der Waals surface area (Å²) in [6.45, 7) is 2.10. The van der Waals surface area contributed by atoms with E-state index in [2.05, 4.69) is 10.3 Å². The van der Waals surface area contributed by atoms with Gasteiger partial charge < -0.3 is 20.7 Å². The summed E-state index contributed by atoms with van der Waals surface area (Å²) >= 11 is 0. The third-order valence-corrected chi connectivity index (χ3v) is 2.52. The molecule has 1 heterocycles. The molecule has 1 amide bonds. The van der Waals surface area contributed by atoms with E-state index >= 15 is 0 Å². The molecule has 1 aromatic heterocycles. The Morgan fingerprint density at radius 1 is 1.56 bits per heavy atom.